The van der Waals surface area contributed by atoms with E-state index in [4.69, 9.17) is 18.9 Å². The van der Waals surface area contributed by atoms with Crippen LogP contribution in [0.25, 0.3) is 0 Å². The Bertz CT molecular complexity index is 1630. The third-order valence-electron chi connectivity index (χ3n) is 8.95. The molecule has 0 bridgehead atoms. The molecule has 4 aromatic rings. The van der Waals surface area contributed by atoms with E-state index >= 15 is 0 Å². The first kappa shape index (κ1) is 41.3. The summed E-state index contributed by atoms with van der Waals surface area (Å²) >= 11 is 1.45. The maximum Gasteiger partial charge on any atom is 0.344 e. The molecule has 7 nitrogen and oxygen atoms in total. The SMILES string of the molecule is CCCCCCCCCCOc1ccc(C(=O)Oc2ccc(N=Cc3ccc(OC(=O)c4ccsc4)cc3)cc2)cc1OCCCCCCCCCC. The first-order valence-electron chi connectivity index (χ1n) is 19.7. The molecule has 0 spiro atoms. The van der Waals surface area contributed by atoms with Gasteiger partial charge in [0.2, 0.25) is 0 Å². The number of esters is 2. The highest BCUT2D eigenvalue weighted by Crippen LogP contribution is 2.30. The molecule has 0 aliphatic rings. The average Bonchev–Trinajstić information content (AvgIpc) is 3.73. The van der Waals surface area contributed by atoms with E-state index in [2.05, 4.69) is 18.8 Å². The van der Waals surface area contributed by atoms with Gasteiger partial charge in [-0.1, -0.05) is 104 Å². The maximum atomic E-state index is 13.2. The van der Waals surface area contributed by atoms with Crippen molar-refractivity contribution in [3.05, 3.63) is 100 Å². The number of aliphatic imine (C=N–C) groups is 1. The van der Waals surface area contributed by atoms with Crippen molar-refractivity contribution < 1.29 is 28.5 Å². The molecule has 0 radical (unpaired) electrons. The largest absolute Gasteiger partial charge is 0.490 e. The van der Waals surface area contributed by atoms with Crippen molar-refractivity contribution in [1.82, 2.24) is 0 Å². The van der Waals surface area contributed by atoms with E-state index in [1.54, 1.807) is 66.2 Å². The highest BCUT2D eigenvalue weighted by molar-refractivity contribution is 7.08. The van der Waals surface area contributed by atoms with Crippen LogP contribution in [0.4, 0.5) is 5.69 Å². The topological polar surface area (TPSA) is 83.4 Å². The van der Waals surface area contributed by atoms with E-state index < -0.39 is 5.97 Å². The molecule has 0 unspecified atom stereocenters. The van der Waals surface area contributed by atoms with Crippen LogP contribution in [0.5, 0.6) is 23.0 Å². The van der Waals surface area contributed by atoms with Crippen molar-refractivity contribution in [3.63, 3.8) is 0 Å². The zero-order valence-corrected chi connectivity index (χ0v) is 32.5. The summed E-state index contributed by atoms with van der Waals surface area (Å²) in [6, 6.07) is 21.2. The number of rotatable bonds is 26. The van der Waals surface area contributed by atoms with Gasteiger partial charge in [0.15, 0.2) is 11.5 Å². The van der Waals surface area contributed by atoms with Crippen LogP contribution < -0.4 is 18.9 Å². The van der Waals surface area contributed by atoms with Gasteiger partial charge in [-0.15, -0.1) is 0 Å². The standard InChI is InChI=1S/C45H57NO6S/c1-3-5-7-9-11-13-15-17-30-49-42-28-21-37(33-43(42)50-31-18-16-14-12-10-8-6-4-2)44(47)51-41-26-22-39(23-27-41)46-34-36-19-24-40(25-20-36)52-45(48)38-29-32-53-35-38/h19-29,32-35H,3-18,30-31H2,1-2H3. The highest BCUT2D eigenvalue weighted by atomic mass is 32.1. The smallest absolute Gasteiger partial charge is 0.344 e. The van der Waals surface area contributed by atoms with E-state index in [1.807, 2.05) is 23.6 Å². The van der Waals surface area contributed by atoms with Gasteiger partial charge in [-0.3, -0.25) is 4.99 Å². The molecular weight excluding hydrogens is 683 g/mol. The Morgan fingerprint density at radius 2 is 1.08 bits per heavy atom. The van der Waals surface area contributed by atoms with Gasteiger partial charge in [-0.05, 0) is 96.6 Å². The van der Waals surface area contributed by atoms with Crippen molar-refractivity contribution in [2.45, 2.75) is 117 Å². The van der Waals surface area contributed by atoms with Crippen LogP contribution >= 0.6 is 11.3 Å². The summed E-state index contributed by atoms with van der Waals surface area (Å²) in [5.74, 6) is 1.29. The Kier molecular flexibility index (Phi) is 19.3. The Hall–Kier alpha value is -4.43. The van der Waals surface area contributed by atoms with Gasteiger partial charge in [0, 0.05) is 11.6 Å². The number of carbonyl (C=O) groups is 2. The molecule has 3 aromatic carbocycles. The fourth-order valence-corrected chi connectivity index (χ4v) is 6.41. The summed E-state index contributed by atoms with van der Waals surface area (Å²) in [5, 5.41) is 3.59. The van der Waals surface area contributed by atoms with Crippen LogP contribution in [-0.4, -0.2) is 31.4 Å². The highest BCUT2D eigenvalue weighted by Gasteiger charge is 2.15. The number of thiophene rings is 1. The van der Waals surface area contributed by atoms with E-state index in [9.17, 15) is 9.59 Å². The Balaban J connectivity index is 1.27. The van der Waals surface area contributed by atoms with Crippen molar-refractivity contribution in [2.75, 3.05) is 13.2 Å². The van der Waals surface area contributed by atoms with Gasteiger partial charge in [-0.25, -0.2) is 9.59 Å². The molecular formula is C45H57NO6S. The first-order valence-corrected chi connectivity index (χ1v) is 20.6. The summed E-state index contributed by atoms with van der Waals surface area (Å²) in [5.41, 5.74) is 2.49. The fourth-order valence-electron chi connectivity index (χ4n) is 5.79. The molecule has 0 N–H and O–H groups in total. The van der Waals surface area contributed by atoms with Gasteiger partial charge in [0.05, 0.1) is 30.0 Å². The Morgan fingerprint density at radius 3 is 1.62 bits per heavy atom. The number of unbranched alkanes of at least 4 members (excludes halogenated alkanes) is 14. The monoisotopic (exact) mass is 739 g/mol. The second-order valence-corrected chi connectivity index (χ2v) is 14.2. The maximum absolute atomic E-state index is 13.2. The van der Waals surface area contributed by atoms with Crippen LogP contribution in [0.1, 0.15) is 143 Å². The van der Waals surface area contributed by atoms with E-state index in [-0.39, 0.29) is 5.97 Å². The van der Waals surface area contributed by atoms with Gasteiger partial charge in [0.1, 0.15) is 11.5 Å². The lowest BCUT2D eigenvalue weighted by Crippen LogP contribution is -2.10. The van der Waals surface area contributed by atoms with E-state index in [0.29, 0.717) is 53.0 Å². The summed E-state index contributed by atoms with van der Waals surface area (Å²) in [6.07, 6.45) is 21.4. The van der Waals surface area contributed by atoms with Gasteiger partial charge in [-0.2, -0.15) is 11.3 Å². The minimum Gasteiger partial charge on any atom is -0.490 e. The van der Waals surface area contributed by atoms with E-state index in [1.165, 1.54) is 88.4 Å². The number of ether oxygens (including phenoxy) is 4. The van der Waals surface area contributed by atoms with Crippen molar-refractivity contribution in [2.24, 2.45) is 4.99 Å². The summed E-state index contributed by atoms with van der Waals surface area (Å²) in [7, 11) is 0. The van der Waals surface area contributed by atoms with Crippen molar-refractivity contribution >= 4 is 35.2 Å². The predicted octanol–water partition coefficient (Wildman–Crippen LogP) is 13.0. The second-order valence-electron chi connectivity index (χ2n) is 13.4. The zero-order valence-electron chi connectivity index (χ0n) is 31.7. The summed E-state index contributed by atoms with van der Waals surface area (Å²) in [6.45, 7) is 5.69. The third-order valence-corrected chi connectivity index (χ3v) is 9.63. The quantitative estimate of drug-likeness (QED) is 0.0276. The number of hydrogen-bond donors (Lipinski definition) is 0. The number of nitrogens with zero attached hydrogens (tertiary/aromatic N) is 1. The lowest BCUT2D eigenvalue weighted by atomic mass is 10.1. The normalized spacial score (nSPS) is 11.1. The first-order chi connectivity index (χ1) is 26.1. The zero-order chi connectivity index (χ0) is 37.4. The number of benzene rings is 3. The molecule has 53 heavy (non-hydrogen) atoms. The summed E-state index contributed by atoms with van der Waals surface area (Å²) < 4.78 is 23.5. The van der Waals surface area contributed by atoms with Gasteiger partial charge < -0.3 is 18.9 Å². The van der Waals surface area contributed by atoms with Crippen LogP contribution in [0, 0.1) is 0 Å². The number of carbonyl (C=O) groups excluding carboxylic acids is 2. The molecule has 4 rings (SSSR count). The molecule has 0 amide bonds. The van der Waals surface area contributed by atoms with Crippen LogP contribution in [-0.2, 0) is 0 Å². The van der Waals surface area contributed by atoms with Crippen molar-refractivity contribution in [3.8, 4) is 23.0 Å². The predicted molar refractivity (Wildman–Crippen MR) is 217 cm³/mol. The average molecular weight is 740 g/mol. The Morgan fingerprint density at radius 1 is 0.566 bits per heavy atom. The molecule has 1 aromatic heterocycles. The molecule has 0 aliphatic heterocycles. The Labute approximate surface area is 320 Å². The molecule has 0 saturated heterocycles. The molecule has 0 saturated carbocycles. The fraction of sp³-hybridized carbons (Fsp3) is 0.444. The van der Waals surface area contributed by atoms with Crippen LogP contribution in [0.2, 0.25) is 0 Å². The van der Waals surface area contributed by atoms with Crippen LogP contribution in [0.15, 0.2) is 88.5 Å². The van der Waals surface area contributed by atoms with Crippen molar-refractivity contribution in [1.29, 1.82) is 0 Å². The third kappa shape index (κ3) is 16.0. The molecule has 8 heteroatoms. The minimum atomic E-state index is -0.465. The molecule has 0 aliphatic carbocycles. The summed E-state index contributed by atoms with van der Waals surface area (Å²) in [4.78, 5) is 29.9. The molecule has 0 atom stereocenters. The molecule has 1 heterocycles. The van der Waals surface area contributed by atoms with Gasteiger partial charge in [0.25, 0.3) is 0 Å². The lowest BCUT2D eigenvalue weighted by molar-refractivity contribution is 0.0725. The minimum absolute atomic E-state index is 0.383. The second kappa shape index (κ2) is 24.7. The molecule has 0 fully saturated rings. The van der Waals surface area contributed by atoms with E-state index in [0.717, 1.165) is 31.2 Å². The van der Waals surface area contributed by atoms with Gasteiger partial charge >= 0.3 is 11.9 Å². The molecule has 284 valence electrons. The number of hydrogen-bond acceptors (Lipinski definition) is 8. The van der Waals surface area contributed by atoms with Crippen LogP contribution in [0.3, 0.4) is 0 Å². The lowest BCUT2D eigenvalue weighted by Gasteiger charge is -2.14.